The van der Waals surface area contributed by atoms with Crippen LogP contribution >= 0.6 is 23.2 Å². The van der Waals surface area contributed by atoms with E-state index in [4.69, 9.17) is 33.5 Å². The molecule has 0 aliphatic rings. The zero-order valence-electron chi connectivity index (χ0n) is 11.0. The van der Waals surface area contributed by atoms with Gasteiger partial charge in [0.15, 0.2) is 0 Å². The van der Waals surface area contributed by atoms with Gasteiger partial charge in [0.05, 0.1) is 21.2 Å². The summed E-state index contributed by atoms with van der Waals surface area (Å²) >= 11 is 12.3. The Bertz CT molecular complexity index is 796. The molecule has 0 atom stereocenters. The summed E-state index contributed by atoms with van der Waals surface area (Å²) in [7, 11) is 0. The summed E-state index contributed by atoms with van der Waals surface area (Å²) in [5.74, 6) is 0.900. The Labute approximate surface area is 130 Å². The second-order valence-corrected chi connectivity index (χ2v) is 5.28. The highest BCUT2D eigenvalue weighted by Gasteiger charge is 2.17. The predicted octanol–water partition coefficient (Wildman–Crippen LogP) is 4.00. The van der Waals surface area contributed by atoms with Gasteiger partial charge >= 0.3 is 0 Å². The zero-order valence-corrected chi connectivity index (χ0v) is 12.5. The van der Waals surface area contributed by atoms with E-state index in [0.717, 1.165) is 5.56 Å². The fourth-order valence-electron chi connectivity index (χ4n) is 1.90. The summed E-state index contributed by atoms with van der Waals surface area (Å²) in [6.45, 7) is 1.90. The van der Waals surface area contributed by atoms with Crippen LogP contribution < -0.4 is 5.73 Å². The van der Waals surface area contributed by atoms with Crippen LogP contribution in [-0.4, -0.2) is 15.1 Å². The Hall–Kier alpha value is -2.11. The minimum atomic E-state index is 0.273. The molecule has 3 rings (SSSR count). The summed E-state index contributed by atoms with van der Waals surface area (Å²) < 4.78 is 5.25. The van der Waals surface area contributed by atoms with E-state index >= 15 is 0 Å². The number of aryl methyl sites for hydroxylation is 1. The summed E-state index contributed by atoms with van der Waals surface area (Å²) in [5.41, 5.74) is 7.88. The Morgan fingerprint density at radius 1 is 1.19 bits per heavy atom. The number of halogens is 2. The normalized spacial score (nSPS) is 10.8. The maximum atomic E-state index is 6.13. The van der Waals surface area contributed by atoms with Crippen molar-refractivity contribution in [1.29, 1.82) is 0 Å². The average Bonchev–Trinajstić information content (AvgIpc) is 2.90. The van der Waals surface area contributed by atoms with Crippen LogP contribution in [0.2, 0.25) is 10.0 Å². The molecule has 2 aromatic heterocycles. The molecule has 0 bridgehead atoms. The van der Waals surface area contributed by atoms with Crippen LogP contribution in [0.1, 0.15) is 5.56 Å². The number of pyridine rings is 1. The van der Waals surface area contributed by atoms with E-state index in [0.29, 0.717) is 32.8 Å². The van der Waals surface area contributed by atoms with Crippen LogP contribution in [0.5, 0.6) is 0 Å². The van der Waals surface area contributed by atoms with Crippen molar-refractivity contribution >= 4 is 29.0 Å². The average molecular weight is 321 g/mol. The summed E-state index contributed by atoms with van der Waals surface area (Å²) in [5, 5.41) is 4.82. The van der Waals surface area contributed by atoms with E-state index in [2.05, 4.69) is 15.1 Å². The van der Waals surface area contributed by atoms with E-state index in [1.807, 2.05) is 13.0 Å². The van der Waals surface area contributed by atoms with E-state index in [1.165, 1.54) is 0 Å². The van der Waals surface area contributed by atoms with Crippen molar-refractivity contribution in [3.05, 3.63) is 46.1 Å². The minimum Gasteiger partial charge on any atom is -0.383 e. The molecule has 0 fully saturated rings. The largest absolute Gasteiger partial charge is 0.383 e. The lowest BCUT2D eigenvalue weighted by Crippen LogP contribution is -1.95. The quantitative estimate of drug-likeness (QED) is 0.772. The van der Waals surface area contributed by atoms with Crippen LogP contribution in [-0.2, 0) is 0 Å². The summed E-state index contributed by atoms with van der Waals surface area (Å²) in [6.07, 6.45) is 1.67. The minimum absolute atomic E-state index is 0.273. The number of anilines is 1. The van der Waals surface area contributed by atoms with E-state index < -0.39 is 0 Å². The molecule has 0 spiro atoms. The number of hydrogen-bond donors (Lipinski definition) is 1. The van der Waals surface area contributed by atoms with Gasteiger partial charge in [-0.15, -0.1) is 0 Å². The molecule has 0 unspecified atom stereocenters. The van der Waals surface area contributed by atoms with Gasteiger partial charge in [0.2, 0.25) is 5.82 Å². The maximum absolute atomic E-state index is 6.13. The molecular formula is C14H10Cl2N4O. The van der Waals surface area contributed by atoms with E-state index in [9.17, 15) is 0 Å². The van der Waals surface area contributed by atoms with Crippen molar-refractivity contribution in [1.82, 2.24) is 15.1 Å². The molecule has 5 nitrogen and oxygen atoms in total. The standard InChI is InChI=1S/C14H10Cl2N4O/c1-7-5-8(12(17)18-6-7)14-19-13(20-21-14)11-9(15)3-2-4-10(11)16/h2-6H,1H3,(H2,17,18). The van der Waals surface area contributed by atoms with Crippen molar-refractivity contribution in [3.63, 3.8) is 0 Å². The topological polar surface area (TPSA) is 77.8 Å². The number of nitrogen functional groups attached to an aromatic ring is 1. The van der Waals surface area contributed by atoms with Gasteiger partial charge in [-0.05, 0) is 30.7 Å². The number of aromatic nitrogens is 3. The first kappa shape index (κ1) is 13.9. The number of rotatable bonds is 2. The third kappa shape index (κ3) is 2.57. The molecule has 0 aliphatic carbocycles. The molecule has 0 saturated carbocycles. The Balaban J connectivity index is 2.10. The molecule has 106 valence electrons. The Kier molecular flexibility index (Phi) is 3.53. The highest BCUT2D eigenvalue weighted by atomic mass is 35.5. The van der Waals surface area contributed by atoms with Gasteiger partial charge in [-0.2, -0.15) is 4.98 Å². The van der Waals surface area contributed by atoms with Crippen LogP contribution in [0.3, 0.4) is 0 Å². The number of nitrogens with two attached hydrogens (primary N) is 1. The zero-order chi connectivity index (χ0) is 15.0. The van der Waals surface area contributed by atoms with Crippen LogP contribution in [0.4, 0.5) is 5.82 Å². The van der Waals surface area contributed by atoms with Crippen molar-refractivity contribution in [3.8, 4) is 22.8 Å². The fourth-order valence-corrected chi connectivity index (χ4v) is 2.46. The second-order valence-electron chi connectivity index (χ2n) is 4.47. The van der Waals surface area contributed by atoms with Gasteiger partial charge in [0.1, 0.15) is 5.82 Å². The number of hydrogen-bond acceptors (Lipinski definition) is 5. The highest BCUT2D eigenvalue weighted by Crippen LogP contribution is 2.34. The van der Waals surface area contributed by atoms with Gasteiger partial charge in [-0.3, -0.25) is 0 Å². The monoisotopic (exact) mass is 320 g/mol. The molecule has 0 radical (unpaired) electrons. The number of nitrogens with zero attached hydrogens (tertiary/aromatic N) is 3. The third-order valence-electron chi connectivity index (χ3n) is 2.90. The smallest absolute Gasteiger partial charge is 0.261 e. The van der Waals surface area contributed by atoms with Gasteiger partial charge in [0, 0.05) is 6.20 Å². The predicted molar refractivity (Wildman–Crippen MR) is 82.1 cm³/mol. The van der Waals surface area contributed by atoms with Gasteiger partial charge in [-0.1, -0.05) is 34.4 Å². The van der Waals surface area contributed by atoms with Crippen molar-refractivity contribution in [2.75, 3.05) is 5.73 Å². The van der Waals surface area contributed by atoms with E-state index in [1.54, 1.807) is 24.4 Å². The molecule has 7 heteroatoms. The fraction of sp³-hybridized carbons (Fsp3) is 0.0714. The number of benzene rings is 1. The molecule has 1 aromatic carbocycles. The van der Waals surface area contributed by atoms with Gasteiger partial charge in [0.25, 0.3) is 5.89 Å². The first-order chi connectivity index (χ1) is 10.1. The van der Waals surface area contributed by atoms with Crippen molar-refractivity contribution in [2.24, 2.45) is 0 Å². The van der Waals surface area contributed by atoms with Crippen molar-refractivity contribution < 1.29 is 4.52 Å². The molecule has 3 aromatic rings. The molecule has 2 N–H and O–H groups in total. The van der Waals surface area contributed by atoms with Crippen molar-refractivity contribution in [2.45, 2.75) is 6.92 Å². The van der Waals surface area contributed by atoms with E-state index in [-0.39, 0.29) is 5.89 Å². The van der Waals surface area contributed by atoms with Gasteiger partial charge in [-0.25, -0.2) is 4.98 Å². The first-order valence-corrected chi connectivity index (χ1v) is 6.82. The van der Waals surface area contributed by atoms with Crippen LogP contribution in [0, 0.1) is 6.92 Å². The SMILES string of the molecule is Cc1cnc(N)c(-c2nc(-c3c(Cl)cccc3Cl)no2)c1. The Morgan fingerprint density at radius 2 is 1.90 bits per heavy atom. The summed E-state index contributed by atoms with van der Waals surface area (Å²) in [6, 6.07) is 6.99. The maximum Gasteiger partial charge on any atom is 0.261 e. The van der Waals surface area contributed by atoms with Gasteiger partial charge < -0.3 is 10.3 Å². The lowest BCUT2D eigenvalue weighted by Gasteiger charge is -2.01. The lowest BCUT2D eigenvalue weighted by atomic mass is 10.2. The Morgan fingerprint density at radius 3 is 2.62 bits per heavy atom. The summed E-state index contributed by atoms with van der Waals surface area (Å²) in [4.78, 5) is 8.38. The molecule has 0 amide bonds. The third-order valence-corrected chi connectivity index (χ3v) is 3.53. The molecule has 21 heavy (non-hydrogen) atoms. The lowest BCUT2D eigenvalue weighted by molar-refractivity contribution is 0.432. The second kappa shape index (κ2) is 5.35. The molecular weight excluding hydrogens is 311 g/mol. The van der Waals surface area contributed by atoms with Crippen LogP contribution in [0.25, 0.3) is 22.8 Å². The highest BCUT2D eigenvalue weighted by molar-refractivity contribution is 6.38. The molecule has 2 heterocycles. The molecule has 0 aliphatic heterocycles. The first-order valence-electron chi connectivity index (χ1n) is 6.07. The molecule has 0 saturated heterocycles. The van der Waals surface area contributed by atoms with Crippen LogP contribution in [0.15, 0.2) is 35.0 Å².